The number of amides is 1. The molecule has 25 heavy (non-hydrogen) atoms. The molecule has 1 fully saturated rings. The molecule has 1 saturated carbocycles. The monoisotopic (exact) mass is 346 g/mol. The summed E-state index contributed by atoms with van der Waals surface area (Å²) in [6.45, 7) is 3.41. The molecule has 1 aliphatic rings. The third kappa shape index (κ3) is 7.45. The lowest BCUT2D eigenvalue weighted by atomic mass is 9.95. The van der Waals surface area contributed by atoms with E-state index in [4.69, 9.17) is 4.74 Å². The van der Waals surface area contributed by atoms with Crippen LogP contribution >= 0.6 is 0 Å². The highest BCUT2D eigenvalue weighted by Crippen LogP contribution is 2.17. The second-order valence-electron chi connectivity index (χ2n) is 6.42. The van der Waals surface area contributed by atoms with E-state index in [0.717, 1.165) is 18.6 Å². The predicted octanol–water partition coefficient (Wildman–Crippen LogP) is 1.99. The fraction of sp³-hybridized carbons (Fsp3) is 0.579. The molecule has 0 atom stereocenters. The molecule has 0 heterocycles. The van der Waals surface area contributed by atoms with Crippen LogP contribution in [0.4, 0.5) is 0 Å². The van der Waals surface area contributed by atoms with Gasteiger partial charge in [0.2, 0.25) is 5.91 Å². The van der Waals surface area contributed by atoms with Crippen LogP contribution < -0.4 is 20.7 Å². The fourth-order valence-corrected chi connectivity index (χ4v) is 2.88. The van der Waals surface area contributed by atoms with Crippen molar-refractivity contribution in [3.63, 3.8) is 0 Å². The van der Waals surface area contributed by atoms with E-state index in [9.17, 15) is 4.79 Å². The number of guanidine groups is 1. The third-order valence-electron chi connectivity index (χ3n) is 4.29. The third-order valence-corrected chi connectivity index (χ3v) is 4.29. The highest BCUT2D eigenvalue weighted by atomic mass is 16.5. The van der Waals surface area contributed by atoms with Crippen LogP contribution in [0.25, 0.3) is 0 Å². The molecule has 0 aromatic heterocycles. The SMILES string of the molecule is CN=C(NCCOc1ccc(C)cc1)NCC(=O)NC1CCCCC1. The smallest absolute Gasteiger partial charge is 0.239 e. The molecular formula is C19H30N4O2. The number of hydrogen-bond acceptors (Lipinski definition) is 3. The molecule has 1 aromatic carbocycles. The zero-order valence-electron chi connectivity index (χ0n) is 15.3. The molecule has 0 unspecified atom stereocenters. The van der Waals surface area contributed by atoms with Crippen molar-refractivity contribution in [2.75, 3.05) is 26.7 Å². The molecule has 1 amide bonds. The summed E-state index contributed by atoms with van der Waals surface area (Å²) in [7, 11) is 1.69. The Kier molecular flexibility index (Phi) is 8.09. The quantitative estimate of drug-likeness (QED) is 0.401. The van der Waals surface area contributed by atoms with E-state index in [1.807, 2.05) is 31.2 Å². The molecular weight excluding hydrogens is 316 g/mol. The minimum atomic E-state index is 0.0192. The molecule has 0 bridgehead atoms. The van der Waals surface area contributed by atoms with E-state index in [2.05, 4.69) is 20.9 Å². The lowest BCUT2D eigenvalue weighted by molar-refractivity contribution is -0.120. The zero-order valence-corrected chi connectivity index (χ0v) is 15.3. The van der Waals surface area contributed by atoms with Gasteiger partial charge in [0, 0.05) is 13.1 Å². The number of carbonyl (C=O) groups excluding carboxylic acids is 1. The number of hydrogen-bond donors (Lipinski definition) is 3. The Hall–Kier alpha value is -2.24. The molecule has 0 spiro atoms. The number of ether oxygens (including phenoxy) is 1. The Morgan fingerprint density at radius 3 is 2.56 bits per heavy atom. The van der Waals surface area contributed by atoms with Crippen LogP contribution in [0.1, 0.15) is 37.7 Å². The Bertz CT molecular complexity index is 551. The van der Waals surface area contributed by atoms with Gasteiger partial charge in [0.1, 0.15) is 12.4 Å². The highest BCUT2D eigenvalue weighted by molar-refractivity contribution is 5.86. The largest absolute Gasteiger partial charge is 0.492 e. The molecule has 0 saturated heterocycles. The minimum absolute atomic E-state index is 0.0192. The van der Waals surface area contributed by atoms with Crippen molar-refractivity contribution in [3.05, 3.63) is 29.8 Å². The zero-order chi connectivity index (χ0) is 17.9. The molecule has 1 aromatic rings. The average Bonchev–Trinajstić information content (AvgIpc) is 2.63. The van der Waals surface area contributed by atoms with Gasteiger partial charge in [-0.1, -0.05) is 37.0 Å². The predicted molar refractivity (Wildman–Crippen MR) is 101 cm³/mol. The molecule has 0 radical (unpaired) electrons. The van der Waals surface area contributed by atoms with Crippen molar-refractivity contribution in [1.82, 2.24) is 16.0 Å². The van der Waals surface area contributed by atoms with Gasteiger partial charge >= 0.3 is 0 Å². The first-order valence-corrected chi connectivity index (χ1v) is 9.10. The molecule has 0 aliphatic heterocycles. The van der Waals surface area contributed by atoms with Gasteiger partial charge in [-0.2, -0.15) is 0 Å². The van der Waals surface area contributed by atoms with Gasteiger partial charge < -0.3 is 20.7 Å². The normalized spacial score (nSPS) is 15.5. The maximum absolute atomic E-state index is 12.0. The van der Waals surface area contributed by atoms with Gasteiger partial charge in [-0.25, -0.2) is 0 Å². The first-order chi connectivity index (χ1) is 12.2. The van der Waals surface area contributed by atoms with E-state index in [1.54, 1.807) is 7.05 Å². The summed E-state index contributed by atoms with van der Waals surface area (Å²) in [6.07, 6.45) is 5.89. The Labute approximate surface area is 150 Å². The second-order valence-corrected chi connectivity index (χ2v) is 6.42. The number of carbonyl (C=O) groups is 1. The van der Waals surface area contributed by atoms with Crippen molar-refractivity contribution in [1.29, 1.82) is 0 Å². The van der Waals surface area contributed by atoms with Gasteiger partial charge in [-0.3, -0.25) is 9.79 Å². The number of nitrogens with one attached hydrogen (secondary N) is 3. The van der Waals surface area contributed by atoms with Gasteiger partial charge in [-0.05, 0) is 31.9 Å². The number of aliphatic imine (C=N–C) groups is 1. The Morgan fingerprint density at radius 1 is 1.16 bits per heavy atom. The number of rotatable bonds is 7. The Morgan fingerprint density at radius 2 is 1.88 bits per heavy atom. The average molecular weight is 346 g/mol. The molecule has 3 N–H and O–H groups in total. The van der Waals surface area contributed by atoms with Crippen LogP contribution in [0.2, 0.25) is 0 Å². The summed E-state index contributed by atoms with van der Waals surface area (Å²) in [4.78, 5) is 16.1. The first kappa shape index (κ1) is 19.1. The van der Waals surface area contributed by atoms with Crippen LogP contribution in [-0.4, -0.2) is 44.7 Å². The lowest BCUT2D eigenvalue weighted by Crippen LogP contribution is -2.46. The maximum Gasteiger partial charge on any atom is 0.239 e. The lowest BCUT2D eigenvalue weighted by Gasteiger charge is -2.23. The van der Waals surface area contributed by atoms with E-state index < -0.39 is 0 Å². The van der Waals surface area contributed by atoms with Crippen molar-refractivity contribution in [2.24, 2.45) is 4.99 Å². The van der Waals surface area contributed by atoms with Gasteiger partial charge in [0.25, 0.3) is 0 Å². The highest BCUT2D eigenvalue weighted by Gasteiger charge is 2.15. The minimum Gasteiger partial charge on any atom is -0.492 e. The first-order valence-electron chi connectivity index (χ1n) is 9.10. The summed E-state index contributed by atoms with van der Waals surface area (Å²) in [6, 6.07) is 8.29. The molecule has 6 heteroatoms. The topological polar surface area (TPSA) is 74.8 Å². The van der Waals surface area contributed by atoms with E-state index >= 15 is 0 Å². The van der Waals surface area contributed by atoms with E-state index in [1.165, 1.54) is 24.8 Å². The van der Waals surface area contributed by atoms with E-state index in [0.29, 0.717) is 25.2 Å². The van der Waals surface area contributed by atoms with Crippen molar-refractivity contribution >= 4 is 11.9 Å². The molecule has 2 rings (SSSR count). The summed E-state index contributed by atoms with van der Waals surface area (Å²) in [5.74, 6) is 1.47. The van der Waals surface area contributed by atoms with Crippen LogP contribution in [0.5, 0.6) is 5.75 Å². The number of benzene rings is 1. The standard InChI is InChI=1S/C19H30N4O2/c1-15-8-10-17(11-9-15)25-13-12-21-19(20-2)22-14-18(24)23-16-6-4-3-5-7-16/h8-11,16H,3-7,12-14H2,1-2H3,(H,23,24)(H2,20,21,22). The van der Waals surface area contributed by atoms with Crippen LogP contribution in [-0.2, 0) is 4.79 Å². The van der Waals surface area contributed by atoms with Crippen LogP contribution in [0.15, 0.2) is 29.3 Å². The van der Waals surface area contributed by atoms with Crippen molar-refractivity contribution in [2.45, 2.75) is 45.1 Å². The number of aryl methyl sites for hydroxylation is 1. The van der Waals surface area contributed by atoms with Gasteiger partial charge in [-0.15, -0.1) is 0 Å². The summed E-state index contributed by atoms with van der Waals surface area (Å²) >= 11 is 0. The maximum atomic E-state index is 12.0. The Balaban J connectivity index is 1.59. The second kappa shape index (κ2) is 10.6. The van der Waals surface area contributed by atoms with Crippen molar-refractivity contribution < 1.29 is 9.53 Å². The molecule has 6 nitrogen and oxygen atoms in total. The van der Waals surface area contributed by atoms with Crippen molar-refractivity contribution in [3.8, 4) is 5.75 Å². The van der Waals surface area contributed by atoms with Gasteiger partial charge in [0.05, 0.1) is 13.1 Å². The molecule has 138 valence electrons. The fourth-order valence-electron chi connectivity index (χ4n) is 2.88. The molecule has 1 aliphatic carbocycles. The summed E-state index contributed by atoms with van der Waals surface area (Å²) in [5.41, 5.74) is 1.21. The summed E-state index contributed by atoms with van der Waals surface area (Å²) in [5, 5.41) is 9.26. The van der Waals surface area contributed by atoms with Crippen LogP contribution in [0, 0.1) is 6.92 Å². The van der Waals surface area contributed by atoms with Crippen LogP contribution in [0.3, 0.4) is 0 Å². The van der Waals surface area contributed by atoms with E-state index in [-0.39, 0.29) is 12.5 Å². The summed E-state index contributed by atoms with van der Waals surface area (Å²) < 4.78 is 5.66. The van der Waals surface area contributed by atoms with Gasteiger partial charge in [0.15, 0.2) is 5.96 Å². The number of nitrogens with zero attached hydrogens (tertiary/aromatic N) is 1.